The van der Waals surface area contributed by atoms with E-state index in [1.807, 2.05) is 79.7 Å². The third-order valence-electron chi connectivity index (χ3n) is 4.97. The van der Waals surface area contributed by atoms with Gasteiger partial charge in [0.25, 0.3) is 5.91 Å². The molecule has 0 unspecified atom stereocenters. The number of carbonyl (C=O) groups excluding carboxylic acids is 2. The fraction of sp³-hybridized carbons (Fsp3) is 0.231. The molecule has 3 aromatic rings. The van der Waals surface area contributed by atoms with Crippen molar-refractivity contribution in [2.24, 2.45) is 0 Å². The van der Waals surface area contributed by atoms with Gasteiger partial charge in [0.2, 0.25) is 5.91 Å². The molecule has 0 aliphatic carbocycles. The Morgan fingerprint density at radius 3 is 2.25 bits per heavy atom. The standard InChI is InChI=1S/C26H27BrN2O3/c1-2-28-26(31)24(17-20-10-5-3-6-11-20)29(18-21-12-9-13-22(27)16-21)25(30)19-32-23-14-7-4-8-15-23/h3-16,24H,2,17-19H2,1H3,(H,28,31)/t24-/m0/s1. The van der Waals surface area contributed by atoms with Crippen molar-refractivity contribution in [1.82, 2.24) is 10.2 Å². The minimum Gasteiger partial charge on any atom is -0.484 e. The third kappa shape index (κ3) is 6.95. The van der Waals surface area contributed by atoms with Crippen LogP contribution in [0.1, 0.15) is 18.1 Å². The molecule has 0 aliphatic rings. The Labute approximate surface area is 197 Å². The number of para-hydroxylation sites is 1. The number of amides is 2. The average molecular weight is 495 g/mol. The summed E-state index contributed by atoms with van der Waals surface area (Å²) in [5, 5.41) is 2.89. The summed E-state index contributed by atoms with van der Waals surface area (Å²) in [4.78, 5) is 28.0. The van der Waals surface area contributed by atoms with Crippen LogP contribution in [0.5, 0.6) is 5.75 Å². The topological polar surface area (TPSA) is 58.6 Å². The summed E-state index contributed by atoms with van der Waals surface area (Å²) in [6.07, 6.45) is 0.414. The number of hydrogen-bond donors (Lipinski definition) is 1. The van der Waals surface area contributed by atoms with Crippen LogP contribution < -0.4 is 10.1 Å². The molecule has 0 heterocycles. The van der Waals surface area contributed by atoms with Crippen molar-refractivity contribution in [1.29, 1.82) is 0 Å². The lowest BCUT2D eigenvalue weighted by atomic mass is 10.0. The minimum absolute atomic E-state index is 0.150. The number of halogens is 1. The highest BCUT2D eigenvalue weighted by molar-refractivity contribution is 9.10. The maximum absolute atomic E-state index is 13.4. The summed E-state index contributed by atoms with van der Waals surface area (Å²) in [5.74, 6) is 0.182. The molecule has 0 saturated heterocycles. The fourth-order valence-corrected chi connectivity index (χ4v) is 3.87. The molecule has 3 rings (SSSR count). The molecule has 0 spiro atoms. The molecule has 166 valence electrons. The average Bonchev–Trinajstić information content (AvgIpc) is 2.81. The number of rotatable bonds is 10. The molecule has 0 radical (unpaired) electrons. The van der Waals surface area contributed by atoms with Crippen molar-refractivity contribution in [3.8, 4) is 5.75 Å². The van der Waals surface area contributed by atoms with Crippen molar-refractivity contribution >= 4 is 27.7 Å². The van der Waals surface area contributed by atoms with Gasteiger partial charge in [0.15, 0.2) is 6.61 Å². The Kier molecular flexibility index (Phi) is 8.87. The number of hydrogen-bond acceptors (Lipinski definition) is 3. The minimum atomic E-state index is -0.664. The number of nitrogens with one attached hydrogen (secondary N) is 1. The van der Waals surface area contributed by atoms with Crippen molar-refractivity contribution in [2.75, 3.05) is 13.2 Å². The maximum Gasteiger partial charge on any atom is 0.261 e. The fourth-order valence-electron chi connectivity index (χ4n) is 3.42. The SMILES string of the molecule is CCNC(=O)[C@H](Cc1ccccc1)N(Cc1cccc(Br)c1)C(=O)COc1ccccc1. The first-order valence-corrected chi connectivity index (χ1v) is 11.4. The largest absolute Gasteiger partial charge is 0.484 e. The molecule has 2 amide bonds. The monoisotopic (exact) mass is 494 g/mol. The van der Waals surface area contributed by atoms with Gasteiger partial charge in [0.1, 0.15) is 11.8 Å². The zero-order chi connectivity index (χ0) is 22.8. The van der Waals surface area contributed by atoms with Crippen LogP contribution in [0.2, 0.25) is 0 Å². The van der Waals surface area contributed by atoms with Crippen LogP contribution >= 0.6 is 15.9 Å². The Morgan fingerprint density at radius 1 is 0.938 bits per heavy atom. The normalized spacial score (nSPS) is 11.4. The summed E-state index contributed by atoms with van der Waals surface area (Å²) in [7, 11) is 0. The Morgan fingerprint density at radius 2 is 1.59 bits per heavy atom. The van der Waals surface area contributed by atoms with Crippen LogP contribution in [0.3, 0.4) is 0 Å². The second-order valence-corrected chi connectivity index (χ2v) is 8.27. The van der Waals surface area contributed by atoms with E-state index in [1.54, 1.807) is 17.0 Å². The third-order valence-corrected chi connectivity index (χ3v) is 5.46. The lowest BCUT2D eigenvalue weighted by Crippen LogP contribution is -2.51. The molecule has 0 saturated carbocycles. The second-order valence-electron chi connectivity index (χ2n) is 7.35. The Balaban J connectivity index is 1.88. The summed E-state index contributed by atoms with van der Waals surface area (Å²) >= 11 is 3.49. The highest BCUT2D eigenvalue weighted by Crippen LogP contribution is 2.18. The molecule has 0 fully saturated rings. The van der Waals surface area contributed by atoms with Crippen LogP contribution in [0.25, 0.3) is 0 Å². The summed E-state index contributed by atoms with van der Waals surface area (Å²) in [6.45, 7) is 2.51. The second kappa shape index (κ2) is 12.1. The lowest BCUT2D eigenvalue weighted by molar-refractivity contribution is -0.142. The Bertz CT molecular complexity index is 1010. The van der Waals surface area contributed by atoms with Gasteiger partial charge >= 0.3 is 0 Å². The first kappa shape index (κ1) is 23.5. The van der Waals surface area contributed by atoms with E-state index in [4.69, 9.17) is 4.74 Å². The van der Waals surface area contributed by atoms with E-state index in [9.17, 15) is 9.59 Å². The van der Waals surface area contributed by atoms with E-state index in [0.717, 1.165) is 15.6 Å². The number of ether oxygens (including phenoxy) is 1. The van der Waals surface area contributed by atoms with Gasteiger partial charge < -0.3 is 15.0 Å². The summed E-state index contributed by atoms with van der Waals surface area (Å²) in [5.41, 5.74) is 1.91. The highest BCUT2D eigenvalue weighted by Gasteiger charge is 2.30. The number of benzene rings is 3. The first-order valence-electron chi connectivity index (χ1n) is 10.6. The van der Waals surface area contributed by atoms with E-state index in [-0.39, 0.29) is 18.4 Å². The van der Waals surface area contributed by atoms with Crippen molar-refractivity contribution in [3.63, 3.8) is 0 Å². The molecule has 3 aromatic carbocycles. The van der Waals surface area contributed by atoms with Gasteiger partial charge in [-0.3, -0.25) is 9.59 Å². The van der Waals surface area contributed by atoms with Gasteiger partial charge in [0, 0.05) is 24.0 Å². The molecular formula is C26H27BrN2O3. The number of likely N-dealkylation sites (N-methyl/N-ethyl adjacent to an activating group) is 1. The smallest absolute Gasteiger partial charge is 0.261 e. The predicted octanol–water partition coefficient (Wildman–Crippen LogP) is 4.60. The van der Waals surface area contributed by atoms with E-state index in [0.29, 0.717) is 25.3 Å². The van der Waals surface area contributed by atoms with Gasteiger partial charge in [-0.25, -0.2) is 0 Å². The Hall–Kier alpha value is -3.12. The molecular weight excluding hydrogens is 468 g/mol. The zero-order valence-electron chi connectivity index (χ0n) is 18.0. The van der Waals surface area contributed by atoms with Crippen LogP contribution in [0.15, 0.2) is 89.4 Å². The van der Waals surface area contributed by atoms with Crippen molar-refractivity contribution in [2.45, 2.75) is 25.9 Å². The zero-order valence-corrected chi connectivity index (χ0v) is 19.6. The summed E-state index contributed by atoms with van der Waals surface area (Å²) < 4.78 is 6.64. The van der Waals surface area contributed by atoms with E-state index >= 15 is 0 Å². The van der Waals surface area contributed by atoms with Gasteiger partial charge in [-0.2, -0.15) is 0 Å². The van der Waals surface area contributed by atoms with E-state index in [1.165, 1.54) is 0 Å². The van der Waals surface area contributed by atoms with Crippen LogP contribution in [-0.4, -0.2) is 35.9 Å². The number of carbonyl (C=O) groups is 2. The van der Waals surface area contributed by atoms with Crippen molar-refractivity contribution < 1.29 is 14.3 Å². The molecule has 1 N–H and O–H groups in total. The molecule has 6 heteroatoms. The molecule has 1 atom stereocenters. The molecule has 0 aliphatic heterocycles. The van der Waals surface area contributed by atoms with Crippen molar-refractivity contribution in [3.05, 3.63) is 101 Å². The lowest BCUT2D eigenvalue weighted by Gasteiger charge is -2.31. The highest BCUT2D eigenvalue weighted by atomic mass is 79.9. The molecule has 0 aromatic heterocycles. The maximum atomic E-state index is 13.4. The van der Waals surface area contributed by atoms with Gasteiger partial charge in [-0.05, 0) is 42.3 Å². The van der Waals surface area contributed by atoms with Gasteiger partial charge in [0.05, 0.1) is 0 Å². The summed E-state index contributed by atoms with van der Waals surface area (Å²) in [6, 6.07) is 26.0. The van der Waals surface area contributed by atoms with Gasteiger partial charge in [-0.1, -0.05) is 76.6 Å². The number of nitrogens with zero attached hydrogens (tertiary/aromatic N) is 1. The van der Waals surface area contributed by atoms with Crippen LogP contribution in [0, 0.1) is 0 Å². The quantitative estimate of drug-likeness (QED) is 0.447. The van der Waals surface area contributed by atoms with Crippen LogP contribution in [-0.2, 0) is 22.6 Å². The molecule has 32 heavy (non-hydrogen) atoms. The van der Waals surface area contributed by atoms with E-state index < -0.39 is 6.04 Å². The van der Waals surface area contributed by atoms with E-state index in [2.05, 4.69) is 21.2 Å². The van der Waals surface area contributed by atoms with Gasteiger partial charge in [-0.15, -0.1) is 0 Å². The first-order chi connectivity index (χ1) is 15.6. The molecule has 5 nitrogen and oxygen atoms in total. The van der Waals surface area contributed by atoms with Crippen LogP contribution in [0.4, 0.5) is 0 Å². The molecule has 0 bridgehead atoms. The predicted molar refractivity (Wildman–Crippen MR) is 129 cm³/mol.